The first-order chi connectivity index (χ1) is 7.76. The second kappa shape index (κ2) is 4.95. The van der Waals surface area contributed by atoms with Crippen LogP contribution in [0.3, 0.4) is 0 Å². The summed E-state index contributed by atoms with van der Waals surface area (Å²) in [5.74, 6) is -0.275. The van der Waals surface area contributed by atoms with Gasteiger partial charge in [0.05, 0.1) is 12.7 Å². The summed E-state index contributed by atoms with van der Waals surface area (Å²) in [5, 5.41) is 0. The number of fused-ring (bicyclic) bond motifs is 1. The minimum Gasteiger partial charge on any atom is -0.463 e. The molecule has 0 aromatic rings. The second-order valence-corrected chi connectivity index (χ2v) is 3.79. The van der Waals surface area contributed by atoms with E-state index in [4.69, 9.17) is 18.9 Å². The SMILES string of the molecule is CCOC(=O)C1=CC(OCOC)C2OC2C1. The molecular weight excluding hydrogens is 212 g/mol. The van der Waals surface area contributed by atoms with E-state index in [2.05, 4.69) is 0 Å². The van der Waals surface area contributed by atoms with Crippen LogP contribution in [0.25, 0.3) is 0 Å². The molecule has 1 aliphatic carbocycles. The van der Waals surface area contributed by atoms with Crippen LogP contribution in [-0.4, -0.2) is 44.8 Å². The van der Waals surface area contributed by atoms with Crippen molar-refractivity contribution in [3.05, 3.63) is 11.6 Å². The zero-order valence-electron chi connectivity index (χ0n) is 9.47. The Morgan fingerprint density at radius 2 is 2.44 bits per heavy atom. The van der Waals surface area contributed by atoms with E-state index in [9.17, 15) is 4.79 Å². The summed E-state index contributed by atoms with van der Waals surface area (Å²) in [6.45, 7) is 2.37. The van der Waals surface area contributed by atoms with E-state index in [0.717, 1.165) is 0 Å². The zero-order chi connectivity index (χ0) is 11.5. The lowest BCUT2D eigenvalue weighted by molar-refractivity contribution is -0.139. The molecule has 1 fully saturated rings. The van der Waals surface area contributed by atoms with Crippen LogP contribution in [0.5, 0.6) is 0 Å². The number of carbonyl (C=O) groups is 1. The molecule has 0 spiro atoms. The highest BCUT2D eigenvalue weighted by atomic mass is 16.7. The second-order valence-electron chi connectivity index (χ2n) is 3.79. The third kappa shape index (κ3) is 2.42. The molecule has 3 atom stereocenters. The summed E-state index contributed by atoms with van der Waals surface area (Å²) in [5.41, 5.74) is 0.640. The normalized spacial score (nSPS) is 31.6. The topological polar surface area (TPSA) is 57.3 Å². The average molecular weight is 228 g/mol. The van der Waals surface area contributed by atoms with E-state index in [1.807, 2.05) is 0 Å². The number of hydrogen-bond acceptors (Lipinski definition) is 5. The minimum atomic E-state index is -0.275. The lowest BCUT2D eigenvalue weighted by Gasteiger charge is -2.17. The molecule has 5 nitrogen and oxygen atoms in total. The van der Waals surface area contributed by atoms with Crippen molar-refractivity contribution in [3.63, 3.8) is 0 Å². The van der Waals surface area contributed by atoms with Crippen LogP contribution in [0.1, 0.15) is 13.3 Å². The van der Waals surface area contributed by atoms with Crippen LogP contribution in [-0.2, 0) is 23.7 Å². The molecule has 1 aliphatic heterocycles. The summed E-state index contributed by atoms with van der Waals surface area (Å²) in [6.07, 6.45) is 2.39. The molecule has 1 saturated heterocycles. The van der Waals surface area contributed by atoms with Gasteiger partial charge < -0.3 is 18.9 Å². The lowest BCUT2D eigenvalue weighted by atomic mass is 9.97. The monoisotopic (exact) mass is 228 g/mol. The fraction of sp³-hybridized carbons (Fsp3) is 0.727. The van der Waals surface area contributed by atoms with Crippen molar-refractivity contribution in [1.82, 2.24) is 0 Å². The first kappa shape index (κ1) is 11.6. The van der Waals surface area contributed by atoms with Crippen LogP contribution in [0.2, 0.25) is 0 Å². The summed E-state index contributed by atoms with van der Waals surface area (Å²) in [7, 11) is 1.56. The van der Waals surface area contributed by atoms with E-state index in [1.54, 1.807) is 20.1 Å². The molecule has 0 N–H and O–H groups in total. The van der Waals surface area contributed by atoms with Gasteiger partial charge in [-0.25, -0.2) is 4.79 Å². The smallest absolute Gasteiger partial charge is 0.333 e. The number of rotatable bonds is 5. The molecule has 0 aromatic carbocycles. The molecule has 2 rings (SSSR count). The standard InChI is InChI=1S/C11H16O5/c1-3-14-11(12)7-4-8(15-6-13-2)10-9(5-7)16-10/h4,8-10H,3,5-6H2,1-2H3. The predicted molar refractivity (Wildman–Crippen MR) is 54.7 cm³/mol. The quantitative estimate of drug-likeness (QED) is 0.392. The van der Waals surface area contributed by atoms with Gasteiger partial charge >= 0.3 is 5.97 Å². The van der Waals surface area contributed by atoms with E-state index in [1.165, 1.54) is 0 Å². The minimum absolute atomic E-state index is 0.0772. The highest BCUT2D eigenvalue weighted by Gasteiger charge is 2.49. The van der Waals surface area contributed by atoms with E-state index >= 15 is 0 Å². The summed E-state index contributed by atoms with van der Waals surface area (Å²) in [4.78, 5) is 11.5. The Labute approximate surface area is 94.3 Å². The molecule has 0 aromatic heterocycles. The van der Waals surface area contributed by atoms with Gasteiger partial charge in [0.25, 0.3) is 0 Å². The Kier molecular flexibility index (Phi) is 3.58. The molecule has 0 amide bonds. The van der Waals surface area contributed by atoms with Crippen LogP contribution >= 0.6 is 0 Å². The molecule has 5 heteroatoms. The highest BCUT2D eigenvalue weighted by Crippen LogP contribution is 2.38. The van der Waals surface area contributed by atoms with Gasteiger partial charge in [-0.05, 0) is 13.0 Å². The maximum atomic E-state index is 11.5. The van der Waals surface area contributed by atoms with Crippen molar-refractivity contribution in [2.24, 2.45) is 0 Å². The largest absolute Gasteiger partial charge is 0.463 e. The fourth-order valence-corrected chi connectivity index (χ4v) is 1.85. The van der Waals surface area contributed by atoms with E-state index < -0.39 is 0 Å². The Morgan fingerprint density at radius 3 is 3.12 bits per heavy atom. The van der Waals surface area contributed by atoms with Crippen LogP contribution in [0, 0.1) is 0 Å². The van der Waals surface area contributed by atoms with Crippen LogP contribution < -0.4 is 0 Å². The first-order valence-electron chi connectivity index (χ1n) is 5.40. The van der Waals surface area contributed by atoms with E-state index in [-0.39, 0.29) is 31.1 Å². The van der Waals surface area contributed by atoms with Gasteiger partial charge in [-0.3, -0.25) is 0 Å². The van der Waals surface area contributed by atoms with Crippen molar-refractivity contribution >= 4 is 5.97 Å². The summed E-state index contributed by atoms with van der Waals surface area (Å²) >= 11 is 0. The molecular formula is C11H16O5. The Bertz CT molecular complexity index is 299. The number of methoxy groups -OCH3 is 1. The van der Waals surface area contributed by atoms with Crippen molar-refractivity contribution in [1.29, 1.82) is 0 Å². The van der Waals surface area contributed by atoms with Crippen LogP contribution in [0.15, 0.2) is 11.6 Å². The molecule has 0 bridgehead atoms. The third-order valence-corrected chi connectivity index (χ3v) is 2.65. The van der Waals surface area contributed by atoms with Crippen molar-refractivity contribution in [2.75, 3.05) is 20.5 Å². The number of esters is 1. The van der Waals surface area contributed by atoms with Gasteiger partial charge in [-0.2, -0.15) is 0 Å². The number of ether oxygens (including phenoxy) is 4. The maximum Gasteiger partial charge on any atom is 0.333 e. The molecule has 0 radical (unpaired) electrons. The van der Waals surface area contributed by atoms with Crippen molar-refractivity contribution < 1.29 is 23.7 Å². The van der Waals surface area contributed by atoms with Gasteiger partial charge in [0.15, 0.2) is 0 Å². The lowest BCUT2D eigenvalue weighted by Crippen LogP contribution is -2.26. The Hall–Kier alpha value is -0.910. The first-order valence-corrected chi connectivity index (χ1v) is 5.40. The van der Waals surface area contributed by atoms with Gasteiger partial charge in [0.1, 0.15) is 19.0 Å². The molecule has 90 valence electrons. The van der Waals surface area contributed by atoms with Crippen LogP contribution in [0.4, 0.5) is 0 Å². The number of hydrogen-bond donors (Lipinski definition) is 0. The van der Waals surface area contributed by atoms with Crippen molar-refractivity contribution in [3.8, 4) is 0 Å². The maximum absolute atomic E-state index is 11.5. The predicted octanol–water partition coefficient (Wildman–Crippen LogP) is 0.636. The molecule has 16 heavy (non-hydrogen) atoms. The number of epoxide rings is 1. The van der Waals surface area contributed by atoms with Gasteiger partial charge in [-0.1, -0.05) is 0 Å². The highest BCUT2D eigenvalue weighted by molar-refractivity contribution is 5.89. The zero-order valence-corrected chi connectivity index (χ0v) is 9.47. The third-order valence-electron chi connectivity index (χ3n) is 2.65. The summed E-state index contributed by atoms with van der Waals surface area (Å²) in [6, 6.07) is 0. The molecule has 3 unspecified atom stereocenters. The fourth-order valence-electron chi connectivity index (χ4n) is 1.85. The van der Waals surface area contributed by atoms with Crippen molar-refractivity contribution in [2.45, 2.75) is 31.7 Å². The molecule has 2 aliphatic rings. The number of carbonyl (C=O) groups excluding carboxylic acids is 1. The average Bonchev–Trinajstić information content (AvgIpc) is 3.05. The van der Waals surface area contributed by atoms with Gasteiger partial charge in [0, 0.05) is 19.1 Å². The van der Waals surface area contributed by atoms with Gasteiger partial charge in [-0.15, -0.1) is 0 Å². The Morgan fingerprint density at radius 1 is 1.62 bits per heavy atom. The molecule has 0 saturated carbocycles. The molecule has 1 heterocycles. The van der Waals surface area contributed by atoms with E-state index in [0.29, 0.717) is 18.6 Å². The van der Waals surface area contributed by atoms with Gasteiger partial charge in [0.2, 0.25) is 0 Å². The Balaban J connectivity index is 1.97. The summed E-state index contributed by atoms with van der Waals surface area (Å²) < 4.78 is 20.6.